The molecule has 4 aromatic rings. The van der Waals surface area contributed by atoms with Gasteiger partial charge in [0.25, 0.3) is 11.8 Å². The van der Waals surface area contributed by atoms with Gasteiger partial charge in [0.2, 0.25) is 5.78 Å². The Morgan fingerprint density at radius 2 is 1.57 bits per heavy atom. The summed E-state index contributed by atoms with van der Waals surface area (Å²) in [4.78, 5) is 37.0. The highest BCUT2D eigenvalue weighted by atomic mass is 35.5. The van der Waals surface area contributed by atoms with Gasteiger partial charge in [0.15, 0.2) is 31.2 Å². The third kappa shape index (κ3) is 6.13. The number of fused-ring (bicyclic) bond motifs is 4. The molecule has 3 aliphatic rings. The smallest absolute Gasteiger partial charge is 0.265 e. The summed E-state index contributed by atoms with van der Waals surface area (Å²) in [7, 11) is 2.30. The first-order chi connectivity index (χ1) is 25.6. The molecule has 0 spiro atoms. The summed E-state index contributed by atoms with van der Waals surface area (Å²) in [5.41, 5.74) is 0.589. The van der Waals surface area contributed by atoms with Gasteiger partial charge in [-0.1, -0.05) is 93.0 Å². The molecular weight excluding hydrogens is 726 g/mol. The van der Waals surface area contributed by atoms with Crippen LogP contribution >= 0.6 is 11.6 Å². The van der Waals surface area contributed by atoms with Gasteiger partial charge in [-0.3, -0.25) is 14.5 Å². The highest BCUT2D eigenvalue weighted by molar-refractivity contribution is 6.74. The lowest BCUT2D eigenvalue weighted by atomic mass is 9.58. The minimum Gasteiger partial charge on any atom is -0.508 e. The Morgan fingerprint density at radius 3 is 2.15 bits per heavy atom. The largest absolute Gasteiger partial charge is 0.508 e. The lowest BCUT2D eigenvalue weighted by Crippen LogP contribution is -2.65. The van der Waals surface area contributed by atoms with Gasteiger partial charge in [-0.2, -0.15) is 4.98 Å². The van der Waals surface area contributed by atoms with Crippen molar-refractivity contribution in [1.82, 2.24) is 15.0 Å². The first-order valence-corrected chi connectivity index (χ1v) is 21.4. The standard InChI is InChI=1S/C41H46ClN3O8Si/c1-40(2,3)54(7,8)53-41-27(31(45(4)5)33-30(36(41)48)38(44-52-33)51-22-24-17-13-10-14-18-24)20-25-19-26-29(32(46)28(25)35(41)47)34(39(49-6)43-37(26)42)50-21-23-15-11-9-12-16-23/h9-18,25,27,31,47H,19-22H2,1-8H3/t25-,27-,31-,41-/m0/s1. The van der Waals surface area contributed by atoms with Gasteiger partial charge in [-0.25, -0.2) is 0 Å². The minimum atomic E-state index is -2.89. The summed E-state index contributed by atoms with van der Waals surface area (Å²) >= 11 is 6.80. The quantitative estimate of drug-likeness (QED) is 0.123. The number of hydrogen-bond donors (Lipinski definition) is 1. The first-order valence-electron chi connectivity index (χ1n) is 18.1. The maximum Gasteiger partial charge on any atom is 0.265 e. The van der Waals surface area contributed by atoms with Crippen LogP contribution in [0.25, 0.3) is 0 Å². The number of benzene rings is 2. The van der Waals surface area contributed by atoms with Crippen LogP contribution in [0.5, 0.6) is 17.5 Å². The number of ether oxygens (including phenoxy) is 3. The number of hydrogen-bond acceptors (Lipinski definition) is 11. The maximum absolute atomic E-state index is 15.5. The molecule has 2 heterocycles. The predicted octanol–water partition coefficient (Wildman–Crippen LogP) is 8.34. The van der Waals surface area contributed by atoms with Crippen LogP contribution in [0.2, 0.25) is 23.3 Å². The van der Waals surface area contributed by atoms with Gasteiger partial charge in [-0.15, -0.1) is 0 Å². The van der Waals surface area contributed by atoms with E-state index in [4.69, 9.17) is 34.8 Å². The topological polar surface area (TPSA) is 133 Å². The summed E-state index contributed by atoms with van der Waals surface area (Å²) in [6.45, 7) is 10.5. The van der Waals surface area contributed by atoms with E-state index in [1.54, 1.807) is 0 Å². The van der Waals surface area contributed by atoms with Crippen molar-refractivity contribution in [2.75, 3.05) is 21.2 Å². The summed E-state index contributed by atoms with van der Waals surface area (Å²) in [5, 5.41) is 16.9. The molecular formula is C41H46ClN3O8Si. The summed E-state index contributed by atoms with van der Waals surface area (Å²) in [5.74, 6) is -2.22. The fraction of sp³-hybridized carbons (Fsp3) is 0.415. The van der Waals surface area contributed by atoms with Gasteiger partial charge in [0.05, 0.1) is 18.7 Å². The van der Waals surface area contributed by atoms with Crippen molar-refractivity contribution in [1.29, 1.82) is 0 Å². The van der Waals surface area contributed by atoms with E-state index < -0.39 is 49.1 Å². The number of carbonyl (C=O) groups is 2. The molecule has 4 atom stereocenters. The zero-order valence-electron chi connectivity index (χ0n) is 31.9. The Hall–Kier alpha value is -4.49. The third-order valence-electron chi connectivity index (χ3n) is 11.5. The summed E-state index contributed by atoms with van der Waals surface area (Å²) < 4.78 is 31.3. The summed E-state index contributed by atoms with van der Waals surface area (Å²) in [6, 6.07) is 18.4. The molecule has 2 aromatic heterocycles. The van der Waals surface area contributed by atoms with Crippen molar-refractivity contribution in [3.63, 3.8) is 0 Å². The Kier molecular flexibility index (Phi) is 9.78. The highest BCUT2D eigenvalue weighted by Crippen LogP contribution is 2.60. The van der Waals surface area contributed by atoms with E-state index in [0.29, 0.717) is 11.3 Å². The number of pyridine rings is 1. The molecule has 2 aromatic carbocycles. The molecule has 7 rings (SSSR count). The van der Waals surface area contributed by atoms with Gasteiger partial charge < -0.3 is 28.3 Å². The predicted molar refractivity (Wildman–Crippen MR) is 205 cm³/mol. The number of aliphatic hydroxyl groups excluding tert-OH is 1. The molecule has 13 heteroatoms. The Labute approximate surface area is 321 Å². The van der Waals surface area contributed by atoms with Crippen molar-refractivity contribution in [2.24, 2.45) is 11.8 Å². The molecule has 0 amide bonds. The number of aromatic nitrogens is 2. The van der Waals surface area contributed by atoms with Gasteiger partial charge in [0, 0.05) is 17.1 Å². The van der Waals surface area contributed by atoms with Crippen molar-refractivity contribution < 1.29 is 37.9 Å². The van der Waals surface area contributed by atoms with Crippen LogP contribution in [-0.4, -0.2) is 66.8 Å². The average Bonchev–Trinajstić information content (AvgIpc) is 3.55. The fourth-order valence-electron chi connectivity index (χ4n) is 7.84. The van der Waals surface area contributed by atoms with Crippen molar-refractivity contribution in [3.05, 3.63) is 111 Å². The average molecular weight is 772 g/mol. The van der Waals surface area contributed by atoms with E-state index in [0.717, 1.165) is 11.1 Å². The SMILES string of the molecule is COc1nc(Cl)c2c(c1OCc1ccccc1)C(=O)C1=C(O)[C@]3(O[Si](C)(C)C(C)(C)C)C(=O)c4c(OCc5ccccc5)noc4[C@@H](N(C)C)[C@@H]3C[C@@H]1C2. The number of carbonyl (C=O) groups excluding carboxylic acids is 2. The Morgan fingerprint density at radius 1 is 0.963 bits per heavy atom. The number of nitrogens with zero attached hydrogens (tertiary/aromatic N) is 3. The monoisotopic (exact) mass is 771 g/mol. The fourth-order valence-corrected chi connectivity index (χ4v) is 9.54. The zero-order valence-corrected chi connectivity index (χ0v) is 33.6. The van der Waals surface area contributed by atoms with E-state index >= 15 is 9.59 Å². The molecule has 0 saturated heterocycles. The molecule has 0 fully saturated rings. The maximum atomic E-state index is 15.5. The molecule has 284 valence electrons. The van der Waals surface area contributed by atoms with Crippen LogP contribution in [0, 0.1) is 11.8 Å². The molecule has 54 heavy (non-hydrogen) atoms. The lowest BCUT2D eigenvalue weighted by Gasteiger charge is -2.55. The van der Waals surface area contributed by atoms with Crippen LogP contribution in [-0.2, 0) is 24.1 Å². The number of halogens is 1. The molecule has 0 unspecified atom stereocenters. The van der Waals surface area contributed by atoms with Gasteiger partial charge in [0.1, 0.15) is 29.7 Å². The van der Waals surface area contributed by atoms with E-state index in [2.05, 4.69) is 30.9 Å². The first kappa shape index (κ1) is 37.8. The third-order valence-corrected chi connectivity index (χ3v) is 16.2. The van der Waals surface area contributed by atoms with Gasteiger partial charge in [-0.05, 0) is 67.3 Å². The second kappa shape index (κ2) is 14.0. The molecule has 3 aliphatic carbocycles. The molecule has 0 saturated carbocycles. The van der Waals surface area contributed by atoms with E-state index in [9.17, 15) is 5.11 Å². The molecule has 11 nitrogen and oxygen atoms in total. The second-order valence-electron chi connectivity index (χ2n) is 16.0. The Bertz CT molecular complexity index is 2130. The number of methoxy groups -OCH3 is 1. The second-order valence-corrected chi connectivity index (χ2v) is 21.1. The number of rotatable bonds is 10. The molecule has 1 N–H and O–H groups in total. The number of ketones is 2. The minimum absolute atomic E-state index is 0.00166. The van der Waals surface area contributed by atoms with E-state index in [-0.39, 0.29) is 70.5 Å². The van der Waals surface area contributed by atoms with Crippen LogP contribution in [0.1, 0.15) is 76.4 Å². The zero-order chi connectivity index (χ0) is 38.7. The number of Topliss-reactive ketones (excluding diaryl/α,β-unsaturated/α-hetero) is 2. The van der Waals surface area contributed by atoms with Crippen LogP contribution in [0.4, 0.5) is 0 Å². The number of aliphatic hydroxyl groups is 1. The van der Waals surface area contributed by atoms with E-state index in [1.165, 1.54) is 7.11 Å². The summed E-state index contributed by atoms with van der Waals surface area (Å²) in [6.07, 6.45) is 0.546. The van der Waals surface area contributed by atoms with Crippen molar-refractivity contribution >= 4 is 31.5 Å². The highest BCUT2D eigenvalue weighted by Gasteiger charge is 2.67. The van der Waals surface area contributed by atoms with E-state index in [1.807, 2.05) is 92.8 Å². The lowest BCUT2D eigenvalue weighted by molar-refractivity contribution is -0.0480. The van der Waals surface area contributed by atoms with Crippen molar-refractivity contribution in [2.45, 2.75) is 76.6 Å². The number of allylic oxidation sites excluding steroid dienone is 1. The van der Waals surface area contributed by atoms with Crippen LogP contribution in [0.15, 0.2) is 76.5 Å². The molecule has 0 radical (unpaired) electrons. The van der Waals surface area contributed by atoms with Gasteiger partial charge >= 0.3 is 0 Å². The van der Waals surface area contributed by atoms with Crippen molar-refractivity contribution in [3.8, 4) is 17.5 Å². The molecule has 0 aliphatic heterocycles. The van der Waals surface area contributed by atoms with Crippen LogP contribution in [0.3, 0.4) is 0 Å². The normalized spacial score (nSPS) is 22.4. The Balaban J connectivity index is 1.42. The molecule has 0 bridgehead atoms. The van der Waals surface area contributed by atoms with Crippen LogP contribution < -0.4 is 14.2 Å².